The van der Waals surface area contributed by atoms with E-state index in [1.165, 1.54) is 11.1 Å². The minimum Gasteiger partial charge on any atom is -0.279 e. The van der Waals surface area contributed by atoms with Crippen molar-refractivity contribution in [3.63, 3.8) is 0 Å². The standard InChI is InChI=1S/C21H30N6/c1-5-26(6-2)24-22-20-13-9-18(10-14-20)17-19-11-15-21(16-12-19)23-25-27(7-3)8-4/h9-16H,5-8,17H2,1-4H3/b24-22+,25-23+. The molecule has 6 heteroatoms. The molecule has 0 heterocycles. The first kappa shape index (κ1) is 20.6. The smallest absolute Gasteiger partial charge is 0.0874 e. The largest absolute Gasteiger partial charge is 0.279 e. The summed E-state index contributed by atoms with van der Waals surface area (Å²) in [5, 5.41) is 20.9. The minimum atomic E-state index is 0.864. The quantitative estimate of drug-likeness (QED) is 0.385. The van der Waals surface area contributed by atoms with Crippen LogP contribution in [0.3, 0.4) is 0 Å². The molecule has 0 unspecified atom stereocenters. The second-order valence-electron chi connectivity index (χ2n) is 6.17. The van der Waals surface area contributed by atoms with E-state index < -0.39 is 0 Å². The van der Waals surface area contributed by atoms with Crippen LogP contribution >= 0.6 is 0 Å². The van der Waals surface area contributed by atoms with Crippen LogP contribution in [0, 0.1) is 0 Å². The summed E-state index contributed by atoms with van der Waals surface area (Å²) in [5.41, 5.74) is 4.24. The summed E-state index contributed by atoms with van der Waals surface area (Å²) in [4.78, 5) is 0. The van der Waals surface area contributed by atoms with Crippen LogP contribution in [0.25, 0.3) is 0 Å². The third-order valence-corrected chi connectivity index (χ3v) is 4.31. The molecular formula is C21H30N6. The van der Waals surface area contributed by atoms with E-state index in [4.69, 9.17) is 0 Å². The van der Waals surface area contributed by atoms with Gasteiger partial charge in [-0.05, 0) is 69.5 Å². The molecule has 0 spiro atoms. The van der Waals surface area contributed by atoms with Gasteiger partial charge in [-0.15, -0.1) is 10.2 Å². The van der Waals surface area contributed by atoms with E-state index in [9.17, 15) is 0 Å². The first-order chi connectivity index (χ1) is 13.2. The van der Waals surface area contributed by atoms with Gasteiger partial charge in [0.1, 0.15) is 0 Å². The van der Waals surface area contributed by atoms with E-state index in [1.54, 1.807) is 0 Å². The Morgan fingerprint density at radius 1 is 0.556 bits per heavy atom. The molecule has 0 aliphatic heterocycles. The molecule has 0 fully saturated rings. The molecule has 0 aromatic heterocycles. The maximum atomic E-state index is 4.28. The summed E-state index contributed by atoms with van der Waals surface area (Å²) < 4.78 is 0. The highest BCUT2D eigenvalue weighted by molar-refractivity contribution is 5.42. The van der Waals surface area contributed by atoms with Crippen LogP contribution in [0.4, 0.5) is 11.4 Å². The Bertz CT molecular complexity index is 650. The van der Waals surface area contributed by atoms with Crippen molar-refractivity contribution in [2.45, 2.75) is 34.1 Å². The lowest BCUT2D eigenvalue weighted by Crippen LogP contribution is -2.14. The molecule has 27 heavy (non-hydrogen) atoms. The van der Waals surface area contributed by atoms with Crippen LogP contribution in [-0.4, -0.2) is 36.2 Å². The van der Waals surface area contributed by atoms with Crippen molar-refractivity contribution >= 4 is 11.4 Å². The lowest BCUT2D eigenvalue weighted by atomic mass is 10.0. The van der Waals surface area contributed by atoms with Crippen LogP contribution < -0.4 is 0 Å². The van der Waals surface area contributed by atoms with Gasteiger partial charge in [0, 0.05) is 26.2 Å². The van der Waals surface area contributed by atoms with Crippen molar-refractivity contribution in [2.24, 2.45) is 20.7 Å². The van der Waals surface area contributed by atoms with Crippen molar-refractivity contribution in [1.29, 1.82) is 0 Å². The van der Waals surface area contributed by atoms with E-state index in [1.807, 2.05) is 34.3 Å². The zero-order valence-corrected chi connectivity index (χ0v) is 16.8. The first-order valence-electron chi connectivity index (χ1n) is 9.69. The highest BCUT2D eigenvalue weighted by Gasteiger charge is 1.99. The van der Waals surface area contributed by atoms with Crippen LogP contribution in [0.15, 0.2) is 69.2 Å². The summed E-state index contributed by atoms with van der Waals surface area (Å²) in [5.74, 6) is 0. The van der Waals surface area contributed by atoms with Gasteiger partial charge in [0.2, 0.25) is 0 Å². The monoisotopic (exact) mass is 366 g/mol. The third kappa shape index (κ3) is 6.81. The van der Waals surface area contributed by atoms with Crippen molar-refractivity contribution in [2.75, 3.05) is 26.2 Å². The molecule has 0 atom stereocenters. The van der Waals surface area contributed by atoms with Gasteiger partial charge in [-0.25, -0.2) is 0 Å². The summed E-state index contributed by atoms with van der Waals surface area (Å²) >= 11 is 0. The SMILES string of the molecule is CCN(CC)/N=N/c1ccc(Cc2ccc(/N=N/N(CC)CC)cc2)cc1. The Labute approximate surface area is 162 Å². The van der Waals surface area contributed by atoms with Gasteiger partial charge in [0.05, 0.1) is 11.4 Å². The predicted molar refractivity (Wildman–Crippen MR) is 111 cm³/mol. The normalized spacial score (nSPS) is 11.4. The summed E-state index contributed by atoms with van der Waals surface area (Å²) in [6, 6.07) is 16.4. The Balaban J connectivity index is 1.95. The van der Waals surface area contributed by atoms with Gasteiger partial charge >= 0.3 is 0 Å². The van der Waals surface area contributed by atoms with Gasteiger partial charge in [-0.3, -0.25) is 10.0 Å². The fraction of sp³-hybridized carbons (Fsp3) is 0.429. The Hall–Kier alpha value is -2.76. The number of rotatable bonds is 10. The molecular weight excluding hydrogens is 336 g/mol. The summed E-state index contributed by atoms with van der Waals surface area (Å²) in [7, 11) is 0. The number of benzene rings is 2. The average Bonchev–Trinajstić information content (AvgIpc) is 2.72. The number of hydrogen-bond acceptors (Lipinski definition) is 4. The molecule has 2 aromatic rings. The molecule has 0 bridgehead atoms. The summed E-state index contributed by atoms with van der Waals surface area (Å²) in [6.45, 7) is 11.7. The van der Waals surface area contributed by atoms with Gasteiger partial charge in [-0.2, -0.15) is 0 Å². The highest BCUT2D eigenvalue weighted by Crippen LogP contribution is 2.19. The third-order valence-electron chi connectivity index (χ3n) is 4.31. The molecule has 6 nitrogen and oxygen atoms in total. The molecule has 0 aliphatic rings. The maximum absolute atomic E-state index is 4.28. The van der Waals surface area contributed by atoms with Gasteiger partial charge < -0.3 is 0 Å². The zero-order valence-electron chi connectivity index (χ0n) is 16.8. The van der Waals surface area contributed by atoms with Crippen molar-refractivity contribution in [3.8, 4) is 0 Å². The van der Waals surface area contributed by atoms with Crippen LogP contribution in [0.5, 0.6) is 0 Å². The molecule has 0 saturated carbocycles. The summed E-state index contributed by atoms with van der Waals surface area (Å²) in [6.07, 6.45) is 0.876. The van der Waals surface area contributed by atoms with E-state index in [2.05, 4.69) is 72.6 Å². The van der Waals surface area contributed by atoms with Gasteiger partial charge in [-0.1, -0.05) is 34.7 Å². The molecule has 0 saturated heterocycles. The van der Waals surface area contributed by atoms with Crippen molar-refractivity contribution in [3.05, 3.63) is 59.7 Å². The van der Waals surface area contributed by atoms with Gasteiger partial charge in [0.25, 0.3) is 0 Å². The van der Waals surface area contributed by atoms with Crippen molar-refractivity contribution in [1.82, 2.24) is 10.0 Å². The number of hydrogen-bond donors (Lipinski definition) is 0. The van der Waals surface area contributed by atoms with Crippen LogP contribution in [-0.2, 0) is 6.42 Å². The lowest BCUT2D eigenvalue weighted by Gasteiger charge is -2.11. The van der Waals surface area contributed by atoms with Crippen molar-refractivity contribution < 1.29 is 0 Å². The van der Waals surface area contributed by atoms with Crippen LogP contribution in [0.2, 0.25) is 0 Å². The van der Waals surface area contributed by atoms with E-state index in [0.29, 0.717) is 0 Å². The van der Waals surface area contributed by atoms with E-state index in [0.717, 1.165) is 44.0 Å². The van der Waals surface area contributed by atoms with Crippen LogP contribution in [0.1, 0.15) is 38.8 Å². The Morgan fingerprint density at radius 2 is 0.889 bits per heavy atom. The van der Waals surface area contributed by atoms with Gasteiger partial charge in [0.15, 0.2) is 0 Å². The second-order valence-corrected chi connectivity index (χ2v) is 6.17. The molecule has 0 N–H and O–H groups in total. The fourth-order valence-electron chi connectivity index (χ4n) is 2.53. The fourth-order valence-corrected chi connectivity index (χ4v) is 2.53. The maximum Gasteiger partial charge on any atom is 0.0874 e. The average molecular weight is 367 g/mol. The van der Waals surface area contributed by atoms with E-state index >= 15 is 0 Å². The second kappa shape index (κ2) is 11.1. The first-order valence-corrected chi connectivity index (χ1v) is 9.69. The molecule has 2 rings (SSSR count). The lowest BCUT2D eigenvalue weighted by molar-refractivity contribution is 0.301. The zero-order chi connectivity index (χ0) is 19.5. The molecule has 0 radical (unpaired) electrons. The predicted octanol–water partition coefficient (Wildman–Crippen LogP) is 5.96. The topological polar surface area (TPSA) is 55.9 Å². The highest BCUT2D eigenvalue weighted by atomic mass is 15.5. The molecule has 144 valence electrons. The number of nitrogens with zero attached hydrogens (tertiary/aromatic N) is 6. The van der Waals surface area contributed by atoms with E-state index in [-0.39, 0.29) is 0 Å². The molecule has 2 aromatic carbocycles. The molecule has 0 amide bonds. The Morgan fingerprint density at radius 3 is 1.19 bits per heavy atom. The minimum absolute atomic E-state index is 0.864. The Kier molecular flexibility index (Phi) is 8.42. The molecule has 0 aliphatic carbocycles.